The number of pyridine rings is 1. The molecule has 18 nitrogen and oxygen atoms in total. The van der Waals surface area contributed by atoms with Gasteiger partial charge in [-0.05, 0) is 117 Å². The standard InChI is InChI=1S/C61H70F2N12O6/c1-33(2)56(60(78)73-21-5-7-51(73)59(77)68-50(31-76)39-16-14-36(15-17-39)43-6-4-20-66-34(43)3)75-30-49(71-72-75)38-10-8-35(9-11-38)32-80-57-53(52-46(27-64)48(65)26-47(62)54(52)63)44(37-12-13-37)25-45-55(57)69-61(81-42-18-22-79-23-19-42)70-58(45)74-29-40-24-41(74)28-67-40/h4,6,8,10,14-17,20,25-27,30,33,37,40-42,50-51,56,61,64,67,69,76H,5,7,9,11-13,18-19,21-24,28-29,31-32,65H2,1-3H3,(H,68,77)/t40-,41-,50-,51-,56-,61?/m0/s1. The van der Waals surface area contributed by atoms with Crippen LogP contribution in [0.2, 0.25) is 0 Å². The first-order chi connectivity index (χ1) is 39.3. The van der Waals surface area contributed by atoms with E-state index in [1.807, 2.05) is 69.3 Å². The molecule has 3 aromatic carbocycles. The lowest BCUT2D eigenvalue weighted by atomic mass is 9.87. The van der Waals surface area contributed by atoms with Crippen molar-refractivity contribution in [1.82, 2.24) is 40.4 Å². The second kappa shape index (κ2) is 22.9. The summed E-state index contributed by atoms with van der Waals surface area (Å²) < 4.78 is 53.3. The third kappa shape index (κ3) is 10.7. The maximum Gasteiger partial charge on any atom is 0.248 e. The molecular weight excluding hydrogens is 1030 g/mol. The van der Waals surface area contributed by atoms with Crippen molar-refractivity contribution in [2.75, 3.05) is 57.1 Å². The van der Waals surface area contributed by atoms with E-state index in [1.165, 1.54) is 0 Å². The quantitative estimate of drug-likeness (QED) is 0.0384. The van der Waals surface area contributed by atoms with E-state index in [9.17, 15) is 14.7 Å². The zero-order valence-electron chi connectivity index (χ0n) is 46.0. The smallest absolute Gasteiger partial charge is 0.248 e. The number of fused-ring (bicyclic) bond motifs is 3. The molecule has 5 aliphatic heterocycles. The first-order valence-corrected chi connectivity index (χ1v) is 28.6. The van der Waals surface area contributed by atoms with Crippen LogP contribution in [-0.4, -0.2) is 135 Å². The molecule has 2 aromatic heterocycles. The van der Waals surface area contributed by atoms with Gasteiger partial charge in [-0.15, -0.1) is 5.10 Å². The molecule has 1 unspecified atom stereocenters. The summed E-state index contributed by atoms with van der Waals surface area (Å²) in [7, 11) is 0. The predicted octanol–water partition coefficient (Wildman–Crippen LogP) is 7.97. The van der Waals surface area contributed by atoms with E-state index in [4.69, 9.17) is 30.3 Å². The van der Waals surface area contributed by atoms with Gasteiger partial charge >= 0.3 is 0 Å². The minimum atomic E-state index is -1.12. The molecule has 0 spiro atoms. The van der Waals surface area contributed by atoms with Crippen molar-refractivity contribution in [3.05, 3.63) is 124 Å². The van der Waals surface area contributed by atoms with Crippen molar-refractivity contribution >= 4 is 40.8 Å². The number of nitrogen functional groups attached to an aromatic ring is 1. The first-order valence-electron chi connectivity index (χ1n) is 28.6. The molecule has 5 fully saturated rings. The minimum Gasteiger partial charge on any atom is -0.486 e. The normalized spacial score (nSPS) is 22.4. The Hall–Kier alpha value is -7.39. The number of carbonyl (C=O) groups is 2. The highest BCUT2D eigenvalue weighted by Gasteiger charge is 2.45. The number of aryl methyl sites for hydroxylation is 1. The van der Waals surface area contributed by atoms with Gasteiger partial charge in [-0.3, -0.25) is 14.6 Å². The van der Waals surface area contributed by atoms with Gasteiger partial charge in [-0.2, -0.15) is 0 Å². The third-order valence-electron chi connectivity index (χ3n) is 17.2. The fourth-order valence-electron chi connectivity index (χ4n) is 12.7. The largest absolute Gasteiger partial charge is 0.486 e. The Balaban J connectivity index is 0.802. The molecule has 424 valence electrons. The zero-order chi connectivity index (χ0) is 56.1. The van der Waals surface area contributed by atoms with E-state index in [2.05, 4.69) is 42.2 Å². The number of nitrogens with zero attached hydrogens (tertiary/aromatic N) is 7. The number of nitrogens with one attached hydrogen (secondary N) is 4. The van der Waals surface area contributed by atoms with Gasteiger partial charge in [-0.25, -0.2) is 18.5 Å². The number of aliphatic hydroxyl groups excluding tert-OH is 1. The van der Waals surface area contributed by atoms with Crippen LogP contribution in [0.15, 0.2) is 83.6 Å². The van der Waals surface area contributed by atoms with Gasteiger partial charge in [0.25, 0.3) is 0 Å². The summed E-state index contributed by atoms with van der Waals surface area (Å²) in [5.74, 6) is -1.87. The number of allylic oxidation sites excluding steroid dienone is 3. The molecule has 5 aromatic rings. The number of rotatable bonds is 17. The summed E-state index contributed by atoms with van der Waals surface area (Å²) in [4.78, 5) is 42.3. The van der Waals surface area contributed by atoms with E-state index in [-0.39, 0.29) is 65.8 Å². The van der Waals surface area contributed by atoms with E-state index in [0.29, 0.717) is 87.0 Å². The molecule has 20 heteroatoms. The number of hydrogen-bond acceptors (Lipinski definition) is 15. The average Bonchev–Trinajstić information content (AvgIpc) is 3.96. The predicted molar refractivity (Wildman–Crippen MR) is 304 cm³/mol. The van der Waals surface area contributed by atoms with Crippen molar-refractivity contribution in [1.29, 1.82) is 5.41 Å². The van der Waals surface area contributed by atoms with E-state index in [1.54, 1.807) is 22.0 Å². The van der Waals surface area contributed by atoms with Crippen LogP contribution in [0.1, 0.15) is 123 Å². The third-order valence-corrected chi connectivity index (χ3v) is 17.2. The Kier molecular flexibility index (Phi) is 15.3. The van der Waals surface area contributed by atoms with Crippen LogP contribution in [0.3, 0.4) is 0 Å². The minimum absolute atomic E-state index is 0.0293. The monoisotopic (exact) mass is 1100 g/mol. The second-order valence-electron chi connectivity index (χ2n) is 22.9. The molecule has 81 heavy (non-hydrogen) atoms. The van der Waals surface area contributed by atoms with Crippen LogP contribution in [0, 0.1) is 29.9 Å². The number of piperazine rings is 1. The number of hydrogen-bond donors (Lipinski definition) is 6. The number of aliphatic imine (C=N–C) groups is 1. The van der Waals surface area contributed by atoms with Crippen LogP contribution in [0.5, 0.6) is 5.75 Å². The molecular formula is C61H70F2N12O6. The number of aromatic nitrogens is 4. The van der Waals surface area contributed by atoms with E-state index in [0.717, 1.165) is 95.1 Å². The highest BCUT2D eigenvalue weighted by atomic mass is 19.2. The zero-order valence-corrected chi connectivity index (χ0v) is 46.0. The highest BCUT2D eigenvalue weighted by Crippen LogP contribution is 2.54. The van der Waals surface area contributed by atoms with Crippen LogP contribution >= 0.6 is 0 Å². The summed E-state index contributed by atoms with van der Waals surface area (Å²) in [6.07, 6.45) is 13.9. The van der Waals surface area contributed by atoms with Gasteiger partial charge in [-0.1, -0.05) is 61.5 Å². The fourth-order valence-corrected chi connectivity index (χ4v) is 12.7. The number of halogens is 2. The molecule has 0 radical (unpaired) electrons. The number of aliphatic hydroxyl groups is 1. The summed E-state index contributed by atoms with van der Waals surface area (Å²) >= 11 is 0. The number of likely N-dealkylation sites (tertiary alicyclic amines) is 2. The number of ether oxygens (including phenoxy) is 3. The van der Waals surface area contributed by atoms with Crippen molar-refractivity contribution in [3.8, 4) is 28.0 Å². The van der Waals surface area contributed by atoms with E-state index >= 15 is 8.78 Å². The second-order valence-corrected chi connectivity index (χ2v) is 22.9. The van der Waals surface area contributed by atoms with Gasteiger partial charge in [0.1, 0.15) is 30.2 Å². The Labute approximate surface area is 469 Å². The number of amidine groups is 1. The van der Waals surface area contributed by atoms with Gasteiger partial charge in [0, 0.05) is 103 Å². The van der Waals surface area contributed by atoms with Gasteiger partial charge in [0.2, 0.25) is 18.2 Å². The first kappa shape index (κ1) is 54.2. The molecule has 7 N–H and O–H groups in total. The van der Waals surface area contributed by atoms with Crippen LogP contribution < -0.4 is 26.4 Å². The lowest BCUT2D eigenvalue weighted by Gasteiger charge is -2.38. The molecule has 2 bridgehead atoms. The maximum atomic E-state index is 16.7. The molecule has 4 saturated heterocycles. The fraction of sp³-hybridized carbons (Fsp3) is 0.459. The van der Waals surface area contributed by atoms with Crippen molar-refractivity contribution in [3.63, 3.8) is 0 Å². The molecule has 2 amide bonds. The number of amides is 2. The summed E-state index contributed by atoms with van der Waals surface area (Å²) in [6, 6.07) is 13.0. The molecule has 1 saturated carbocycles. The lowest BCUT2D eigenvalue weighted by Crippen LogP contribution is -2.50. The SMILES string of the molecule is Cc1ncccc1-c1ccc([C@H](CO)NC(=O)[C@@H]2CCCN2C(=O)[C@H](C(C)C)n2cc(C3=CC=C(COc4c5c(cc(C6CC6)c4-c4c(F)c(F)cc(N)c4C=N)C(N4C[C@@H]6C[C@H]4CN6)=NC(OC4CCOCC4)N5)CC3)nn2)cc1. The summed E-state index contributed by atoms with van der Waals surface area (Å²) in [5.41, 5.74) is 14.8. The van der Waals surface area contributed by atoms with E-state index < -0.39 is 36.1 Å². The van der Waals surface area contributed by atoms with Gasteiger partial charge in [0.15, 0.2) is 17.4 Å². The number of anilines is 2. The average molecular weight is 1110 g/mol. The topological polar surface area (TPSA) is 230 Å². The van der Waals surface area contributed by atoms with Gasteiger partial charge < -0.3 is 56.2 Å². The number of benzene rings is 3. The van der Waals surface area contributed by atoms with Crippen LogP contribution in [0.4, 0.5) is 20.2 Å². The van der Waals surface area contributed by atoms with Crippen molar-refractivity contribution < 1.29 is 37.7 Å². The molecule has 2 aliphatic carbocycles. The Morgan fingerprint density at radius 2 is 1.85 bits per heavy atom. The Bertz CT molecular complexity index is 3330. The molecule has 7 aliphatic rings. The van der Waals surface area contributed by atoms with Crippen molar-refractivity contribution in [2.24, 2.45) is 10.9 Å². The van der Waals surface area contributed by atoms with Crippen LogP contribution in [0.25, 0.3) is 27.8 Å². The van der Waals surface area contributed by atoms with Gasteiger partial charge in [0.05, 0.1) is 30.6 Å². The van der Waals surface area contributed by atoms with Crippen LogP contribution in [-0.2, 0) is 19.1 Å². The maximum absolute atomic E-state index is 16.7. The number of carbonyl (C=O) groups excluding carboxylic acids is 2. The summed E-state index contributed by atoms with van der Waals surface area (Å²) in [5, 5.41) is 38.2. The lowest BCUT2D eigenvalue weighted by molar-refractivity contribution is -0.142. The highest BCUT2D eigenvalue weighted by molar-refractivity contribution is 6.09. The Morgan fingerprint density at radius 3 is 2.54 bits per heavy atom. The van der Waals surface area contributed by atoms with Crippen molar-refractivity contribution in [2.45, 2.75) is 127 Å². The molecule has 7 heterocycles. The molecule has 6 atom stereocenters. The Morgan fingerprint density at radius 1 is 1.04 bits per heavy atom. The molecule has 12 rings (SSSR count). The number of nitrogens with two attached hydrogens (primary N) is 1. The summed E-state index contributed by atoms with van der Waals surface area (Å²) in [6.45, 7) is 8.76.